The summed E-state index contributed by atoms with van der Waals surface area (Å²) in [6.45, 7) is 5.68. The van der Waals surface area contributed by atoms with Gasteiger partial charge in [-0.3, -0.25) is 24.2 Å². The number of carboxylic acid groups (broad SMARTS) is 1. The number of fused-ring (bicyclic) bond motifs is 1. The first kappa shape index (κ1) is 27.0. The van der Waals surface area contributed by atoms with Crippen LogP contribution in [-0.4, -0.2) is 127 Å². The van der Waals surface area contributed by atoms with Crippen LogP contribution in [0.25, 0.3) is 0 Å². The van der Waals surface area contributed by atoms with Crippen LogP contribution in [-0.2, 0) is 19.2 Å². The number of piperazine rings is 1. The molecule has 208 valence electrons. The number of thioether (sulfide) groups is 1. The van der Waals surface area contributed by atoms with E-state index in [1.165, 1.54) is 11.8 Å². The lowest BCUT2D eigenvalue weighted by molar-refractivity contribution is -0.150. The van der Waals surface area contributed by atoms with E-state index in [-0.39, 0.29) is 28.3 Å². The van der Waals surface area contributed by atoms with Gasteiger partial charge in [0.05, 0.1) is 0 Å². The van der Waals surface area contributed by atoms with Crippen molar-refractivity contribution in [2.75, 3.05) is 57.3 Å². The second-order valence-corrected chi connectivity index (χ2v) is 11.1. The Morgan fingerprint density at radius 2 is 2.00 bits per heavy atom. The van der Waals surface area contributed by atoms with Crippen LogP contribution in [0.4, 0.5) is 5.13 Å². The fraction of sp³-hybridized carbons (Fsp3) is 0.500. The van der Waals surface area contributed by atoms with Crippen LogP contribution >= 0.6 is 23.3 Å². The maximum absolute atomic E-state index is 13.0. The number of aliphatic carboxylic acids is 1. The number of carbonyl (C=O) groups excluding carboxylic acids is 3. The minimum atomic E-state index is -1.30. The average molecular weight is 578 g/mol. The summed E-state index contributed by atoms with van der Waals surface area (Å²) in [5.41, 5.74) is 5.67. The fourth-order valence-corrected chi connectivity index (χ4v) is 6.65. The van der Waals surface area contributed by atoms with Gasteiger partial charge in [-0.25, -0.2) is 4.79 Å². The van der Waals surface area contributed by atoms with Crippen molar-refractivity contribution in [3.05, 3.63) is 28.7 Å². The number of allylic oxidation sites excluding steroid dienone is 1. The lowest BCUT2D eigenvalue weighted by atomic mass is 10.0. The van der Waals surface area contributed by atoms with E-state index in [1.807, 2.05) is 0 Å². The number of carboxylic acids is 1. The van der Waals surface area contributed by atoms with Crippen molar-refractivity contribution in [1.82, 2.24) is 34.7 Å². The molecule has 17 heteroatoms. The second kappa shape index (κ2) is 11.3. The summed E-state index contributed by atoms with van der Waals surface area (Å²) in [7, 11) is 0. The Bertz CT molecular complexity index is 1290. The molecule has 0 bridgehead atoms. The number of nitrogens with two attached hydrogens (primary N) is 1. The molecule has 6 N–H and O–H groups in total. The number of nitrogens with one attached hydrogen (secondary N) is 2. The highest BCUT2D eigenvalue weighted by Gasteiger charge is 2.54. The third kappa shape index (κ3) is 5.34. The Kier molecular flexibility index (Phi) is 7.83. The summed E-state index contributed by atoms with van der Waals surface area (Å²) < 4.78 is 3.83. The van der Waals surface area contributed by atoms with Gasteiger partial charge in [0.25, 0.3) is 11.8 Å². The number of β-lactam (4-membered cyclic amide) rings is 1. The minimum Gasteiger partial charge on any atom is -0.477 e. The normalized spacial score (nSPS) is 25.2. The van der Waals surface area contributed by atoms with E-state index in [0.717, 1.165) is 49.2 Å². The molecule has 0 aromatic carbocycles. The molecule has 2 atom stereocenters. The van der Waals surface area contributed by atoms with Gasteiger partial charge in [0.15, 0.2) is 5.13 Å². The first-order chi connectivity index (χ1) is 18.8. The minimum absolute atomic E-state index is 0.0639. The lowest BCUT2D eigenvalue weighted by Gasteiger charge is -2.49. The maximum atomic E-state index is 13.0. The Labute approximate surface area is 230 Å². The number of aromatic nitrogens is 2. The van der Waals surface area contributed by atoms with E-state index >= 15 is 0 Å². The molecule has 0 radical (unpaired) electrons. The van der Waals surface area contributed by atoms with Crippen LogP contribution in [0.15, 0.2) is 28.1 Å². The van der Waals surface area contributed by atoms with Crippen molar-refractivity contribution in [2.24, 2.45) is 5.16 Å². The first-order valence-electron chi connectivity index (χ1n) is 12.2. The summed E-state index contributed by atoms with van der Waals surface area (Å²) in [5, 5.41) is 27.3. The molecule has 5 rings (SSSR count). The van der Waals surface area contributed by atoms with Crippen molar-refractivity contribution in [3.8, 4) is 0 Å². The number of nitrogen functional groups attached to an aromatic ring is 1. The lowest BCUT2D eigenvalue weighted by Crippen LogP contribution is -2.71. The van der Waals surface area contributed by atoms with Crippen molar-refractivity contribution >= 4 is 57.8 Å². The molecule has 3 fully saturated rings. The predicted molar refractivity (Wildman–Crippen MR) is 141 cm³/mol. The van der Waals surface area contributed by atoms with Crippen molar-refractivity contribution in [2.45, 2.75) is 17.8 Å². The third-order valence-electron chi connectivity index (χ3n) is 6.91. The van der Waals surface area contributed by atoms with Gasteiger partial charge in [0.2, 0.25) is 17.4 Å². The van der Waals surface area contributed by atoms with Gasteiger partial charge in [0, 0.05) is 68.7 Å². The molecule has 0 saturated carbocycles. The van der Waals surface area contributed by atoms with Gasteiger partial charge in [-0.1, -0.05) is 5.16 Å². The van der Waals surface area contributed by atoms with Gasteiger partial charge in [0.1, 0.15) is 17.1 Å². The fourth-order valence-electron chi connectivity index (χ4n) is 4.91. The standard InChI is InChI=1S/C22H27N9O6S2/c23-22-26-16(28-39-22)13(27-37)17(32)25-14-19(34)31-15(21(35)36)12(10-38-20(14)31)9-11-1-4-30(18(11)33)8-7-29-5-2-24-3-6-29/h9,14,20,24,37H,1-8,10H2,(H,25,32)(H,35,36)(H2,23,26,28)/b11-9?,27-13-/t14-,20-/m1/s1. The molecule has 4 aliphatic rings. The summed E-state index contributed by atoms with van der Waals surface area (Å²) in [6.07, 6.45) is 2.09. The number of likely N-dealkylation sites (tertiary alicyclic amines) is 1. The Morgan fingerprint density at radius 1 is 1.23 bits per heavy atom. The zero-order valence-electron chi connectivity index (χ0n) is 20.7. The molecular formula is C22H27N9O6S2. The molecule has 5 heterocycles. The van der Waals surface area contributed by atoms with E-state index in [2.05, 4.69) is 30.0 Å². The van der Waals surface area contributed by atoms with Gasteiger partial charge in [-0.05, 0) is 18.1 Å². The third-order valence-corrected chi connectivity index (χ3v) is 8.76. The summed E-state index contributed by atoms with van der Waals surface area (Å²) >= 11 is 2.07. The van der Waals surface area contributed by atoms with Crippen LogP contribution in [0.1, 0.15) is 12.2 Å². The quantitative estimate of drug-likeness (QED) is 0.0755. The van der Waals surface area contributed by atoms with Gasteiger partial charge in [-0.15, -0.1) is 11.8 Å². The van der Waals surface area contributed by atoms with E-state index < -0.39 is 34.9 Å². The van der Waals surface area contributed by atoms with Crippen molar-refractivity contribution < 1.29 is 29.5 Å². The zero-order chi connectivity index (χ0) is 27.7. The molecule has 0 spiro atoms. The largest absolute Gasteiger partial charge is 0.477 e. The van der Waals surface area contributed by atoms with Crippen LogP contribution in [0, 0.1) is 0 Å². The summed E-state index contributed by atoms with van der Waals surface area (Å²) in [4.78, 5) is 59.8. The number of nitrogens with zero attached hydrogens (tertiary/aromatic N) is 6. The summed E-state index contributed by atoms with van der Waals surface area (Å²) in [6, 6.07) is -1.05. The molecule has 1 aromatic rings. The van der Waals surface area contributed by atoms with Crippen LogP contribution in [0.5, 0.6) is 0 Å². The van der Waals surface area contributed by atoms with Gasteiger partial charge < -0.3 is 31.6 Å². The van der Waals surface area contributed by atoms with Crippen molar-refractivity contribution in [3.63, 3.8) is 0 Å². The topological polar surface area (TPSA) is 207 Å². The van der Waals surface area contributed by atoms with E-state index in [0.29, 0.717) is 30.7 Å². The molecule has 4 aliphatic heterocycles. The molecule has 0 unspecified atom stereocenters. The number of hydrogen-bond donors (Lipinski definition) is 5. The molecular weight excluding hydrogens is 550 g/mol. The maximum Gasteiger partial charge on any atom is 0.352 e. The Hall–Kier alpha value is -3.54. The van der Waals surface area contributed by atoms with E-state index in [9.17, 15) is 29.5 Å². The monoisotopic (exact) mass is 577 g/mol. The number of anilines is 1. The van der Waals surface area contributed by atoms with E-state index in [4.69, 9.17) is 5.73 Å². The molecule has 1 aromatic heterocycles. The number of rotatable bonds is 8. The SMILES string of the molecule is Nc1nc(/C(=N/O)C(=O)N[C@@H]2C(=O)N3C(C(=O)O)=C(C=C4CCN(CCN5CCNCC5)C4=O)CS[C@H]23)ns1. The van der Waals surface area contributed by atoms with Crippen molar-refractivity contribution in [1.29, 1.82) is 0 Å². The highest BCUT2D eigenvalue weighted by molar-refractivity contribution is 8.00. The smallest absolute Gasteiger partial charge is 0.352 e. The highest BCUT2D eigenvalue weighted by atomic mass is 32.2. The van der Waals surface area contributed by atoms with Gasteiger partial charge in [-0.2, -0.15) is 9.36 Å². The van der Waals surface area contributed by atoms with Crippen LogP contribution < -0.4 is 16.4 Å². The zero-order valence-corrected chi connectivity index (χ0v) is 22.3. The number of oxime groups is 1. The first-order valence-corrected chi connectivity index (χ1v) is 14.1. The average Bonchev–Trinajstić information content (AvgIpc) is 3.51. The Balaban J connectivity index is 1.26. The predicted octanol–water partition coefficient (Wildman–Crippen LogP) is -1.90. The number of carbonyl (C=O) groups is 4. The number of hydrogen-bond acceptors (Lipinski definition) is 13. The molecule has 39 heavy (non-hydrogen) atoms. The molecule has 0 aliphatic carbocycles. The number of amides is 3. The molecule has 3 saturated heterocycles. The van der Waals surface area contributed by atoms with Gasteiger partial charge >= 0.3 is 5.97 Å². The van der Waals surface area contributed by atoms with Crippen LogP contribution in [0.3, 0.4) is 0 Å². The highest BCUT2D eigenvalue weighted by Crippen LogP contribution is 2.41. The Morgan fingerprint density at radius 3 is 2.67 bits per heavy atom. The molecule has 3 amide bonds. The summed E-state index contributed by atoms with van der Waals surface area (Å²) in [5.74, 6) is -2.92. The van der Waals surface area contributed by atoms with E-state index in [1.54, 1.807) is 11.0 Å². The van der Waals surface area contributed by atoms with Crippen LogP contribution in [0.2, 0.25) is 0 Å². The molecule has 15 nitrogen and oxygen atoms in total. The second-order valence-electron chi connectivity index (χ2n) is 9.25.